The zero-order chi connectivity index (χ0) is 25.5. The Kier molecular flexibility index (Phi) is 7.75. The Morgan fingerprint density at radius 3 is 2.36 bits per heavy atom. The third kappa shape index (κ3) is 5.60. The molecule has 0 heterocycles. The first-order valence-corrected chi connectivity index (χ1v) is 12.0. The first-order valence-electron chi connectivity index (χ1n) is 12.0. The minimum absolute atomic E-state index is 0.00747. The number of azo groups is 1. The molecular formula is C28H29N5O3. The van der Waals surface area contributed by atoms with Gasteiger partial charge < -0.3 is 15.0 Å². The molecule has 4 aromatic carbocycles. The van der Waals surface area contributed by atoms with E-state index in [1.807, 2.05) is 37.3 Å². The van der Waals surface area contributed by atoms with Crippen molar-refractivity contribution in [2.24, 2.45) is 10.2 Å². The number of hydrogen-bond acceptors (Lipinski definition) is 7. The Labute approximate surface area is 210 Å². The monoisotopic (exact) mass is 483 g/mol. The smallest absolute Gasteiger partial charge is 0.269 e. The van der Waals surface area contributed by atoms with E-state index < -0.39 is 4.92 Å². The predicted octanol–water partition coefficient (Wildman–Crippen LogP) is 8.23. The average molecular weight is 484 g/mol. The highest BCUT2D eigenvalue weighted by atomic mass is 16.6. The second-order valence-corrected chi connectivity index (χ2v) is 8.12. The minimum Gasteiger partial charge on any atom is -0.454 e. The van der Waals surface area contributed by atoms with Gasteiger partial charge in [-0.25, -0.2) is 0 Å². The van der Waals surface area contributed by atoms with Crippen LogP contribution >= 0.6 is 0 Å². The van der Waals surface area contributed by atoms with Crippen LogP contribution < -0.4 is 15.0 Å². The summed E-state index contributed by atoms with van der Waals surface area (Å²) in [6.07, 6.45) is 0. The minimum atomic E-state index is -0.443. The van der Waals surface area contributed by atoms with Crippen molar-refractivity contribution in [3.05, 3.63) is 89.0 Å². The molecule has 0 aromatic heterocycles. The number of non-ortho nitro benzene ring substituents is 1. The lowest BCUT2D eigenvalue weighted by Crippen LogP contribution is -2.21. The Balaban J connectivity index is 1.68. The quantitative estimate of drug-likeness (QED) is 0.139. The van der Waals surface area contributed by atoms with Crippen LogP contribution in [0.4, 0.5) is 28.4 Å². The molecule has 8 heteroatoms. The number of fused-ring (bicyclic) bond motifs is 1. The first kappa shape index (κ1) is 24.7. The summed E-state index contributed by atoms with van der Waals surface area (Å²) in [5.41, 5.74) is 3.15. The van der Waals surface area contributed by atoms with Crippen molar-refractivity contribution in [2.75, 3.05) is 29.9 Å². The van der Waals surface area contributed by atoms with Gasteiger partial charge in [-0.05, 0) is 74.7 Å². The van der Waals surface area contributed by atoms with E-state index in [4.69, 9.17) is 4.74 Å². The van der Waals surface area contributed by atoms with Crippen LogP contribution in [0.1, 0.15) is 20.8 Å². The molecule has 0 aliphatic rings. The van der Waals surface area contributed by atoms with Gasteiger partial charge in [0.05, 0.1) is 10.6 Å². The van der Waals surface area contributed by atoms with E-state index in [0.717, 1.165) is 41.8 Å². The van der Waals surface area contributed by atoms with Gasteiger partial charge in [-0.3, -0.25) is 10.1 Å². The van der Waals surface area contributed by atoms with Crippen LogP contribution in [0, 0.1) is 10.1 Å². The molecule has 0 unspecified atom stereocenters. The van der Waals surface area contributed by atoms with Gasteiger partial charge in [-0.1, -0.05) is 12.1 Å². The number of nitro benzene ring substituents is 1. The molecule has 0 fully saturated rings. The van der Waals surface area contributed by atoms with E-state index in [2.05, 4.69) is 58.6 Å². The molecule has 0 bridgehead atoms. The molecule has 36 heavy (non-hydrogen) atoms. The van der Waals surface area contributed by atoms with Crippen molar-refractivity contribution in [1.82, 2.24) is 0 Å². The fourth-order valence-corrected chi connectivity index (χ4v) is 3.98. The van der Waals surface area contributed by atoms with E-state index in [1.54, 1.807) is 12.1 Å². The Hall–Kier alpha value is -4.46. The second-order valence-electron chi connectivity index (χ2n) is 8.12. The Morgan fingerprint density at radius 2 is 1.67 bits per heavy atom. The summed E-state index contributed by atoms with van der Waals surface area (Å²) in [5, 5.41) is 24.9. The third-order valence-electron chi connectivity index (χ3n) is 5.85. The summed E-state index contributed by atoms with van der Waals surface area (Å²) in [4.78, 5) is 12.8. The van der Waals surface area contributed by atoms with Crippen molar-refractivity contribution in [3.63, 3.8) is 0 Å². The molecule has 0 aliphatic heterocycles. The van der Waals surface area contributed by atoms with Crippen molar-refractivity contribution in [2.45, 2.75) is 20.8 Å². The van der Waals surface area contributed by atoms with E-state index >= 15 is 0 Å². The first-order chi connectivity index (χ1) is 17.5. The number of hydrogen-bond donors (Lipinski definition) is 1. The van der Waals surface area contributed by atoms with Crippen LogP contribution in [0.3, 0.4) is 0 Å². The maximum atomic E-state index is 10.9. The number of nitro groups is 1. The summed E-state index contributed by atoms with van der Waals surface area (Å²) < 4.78 is 6.41. The lowest BCUT2D eigenvalue weighted by Gasteiger charge is -2.21. The number of rotatable bonds is 10. The fraction of sp³-hybridized carbons (Fsp3) is 0.214. The Bertz CT molecular complexity index is 1380. The zero-order valence-corrected chi connectivity index (χ0v) is 20.6. The van der Waals surface area contributed by atoms with E-state index in [-0.39, 0.29) is 5.69 Å². The fourth-order valence-electron chi connectivity index (χ4n) is 3.98. The van der Waals surface area contributed by atoms with Crippen molar-refractivity contribution >= 4 is 39.2 Å². The summed E-state index contributed by atoms with van der Waals surface area (Å²) in [5.74, 6) is 1.28. The highest BCUT2D eigenvalue weighted by Gasteiger charge is 2.11. The van der Waals surface area contributed by atoms with Gasteiger partial charge in [0.1, 0.15) is 11.4 Å². The van der Waals surface area contributed by atoms with Gasteiger partial charge in [-0.15, -0.1) is 5.11 Å². The zero-order valence-electron chi connectivity index (χ0n) is 20.6. The number of anilines is 2. The number of ether oxygens (including phenoxy) is 1. The molecule has 1 N–H and O–H groups in total. The average Bonchev–Trinajstić information content (AvgIpc) is 2.89. The lowest BCUT2D eigenvalue weighted by atomic mass is 10.1. The molecule has 184 valence electrons. The molecule has 8 nitrogen and oxygen atoms in total. The van der Waals surface area contributed by atoms with Crippen LogP contribution in [-0.4, -0.2) is 24.6 Å². The van der Waals surface area contributed by atoms with E-state index in [0.29, 0.717) is 17.1 Å². The molecule has 0 saturated heterocycles. The van der Waals surface area contributed by atoms with E-state index in [1.165, 1.54) is 17.8 Å². The van der Waals surface area contributed by atoms with Crippen molar-refractivity contribution in [1.29, 1.82) is 0 Å². The summed E-state index contributed by atoms with van der Waals surface area (Å²) >= 11 is 0. The van der Waals surface area contributed by atoms with Gasteiger partial charge in [-0.2, -0.15) is 5.11 Å². The van der Waals surface area contributed by atoms with Crippen molar-refractivity contribution in [3.8, 4) is 11.5 Å². The molecule has 0 atom stereocenters. The SMILES string of the molecule is CCNc1ccc(/N=N/c2ccc([N+](=O)[O-])cc2)c(Oc2cccc3cc(N(CC)CC)ccc23)c1. The van der Waals surface area contributed by atoms with Gasteiger partial charge in [0, 0.05) is 54.6 Å². The third-order valence-corrected chi connectivity index (χ3v) is 5.85. The highest BCUT2D eigenvalue weighted by molar-refractivity contribution is 5.91. The maximum Gasteiger partial charge on any atom is 0.269 e. The van der Waals surface area contributed by atoms with Gasteiger partial charge in [0.15, 0.2) is 5.75 Å². The molecule has 0 spiro atoms. The number of benzene rings is 4. The summed E-state index contributed by atoms with van der Waals surface area (Å²) in [7, 11) is 0. The van der Waals surface area contributed by atoms with Crippen molar-refractivity contribution < 1.29 is 9.66 Å². The summed E-state index contributed by atoms with van der Waals surface area (Å²) in [6.45, 7) is 8.98. The molecule has 0 saturated carbocycles. The standard InChI is InChI=1S/C28H29N5O3/c1-4-29-22-12-17-26(31-30-21-10-13-23(14-11-21)33(34)35)28(19-22)36-27-9-7-8-20-18-24(15-16-25(20)27)32(5-2)6-3/h7-19,29H,4-6H2,1-3H3/b31-30+. The molecule has 4 rings (SSSR count). The molecule has 0 aliphatic carbocycles. The lowest BCUT2D eigenvalue weighted by molar-refractivity contribution is -0.384. The normalized spacial score (nSPS) is 11.1. The predicted molar refractivity (Wildman–Crippen MR) is 145 cm³/mol. The second kappa shape index (κ2) is 11.3. The molecule has 0 radical (unpaired) electrons. The largest absolute Gasteiger partial charge is 0.454 e. The molecule has 0 amide bonds. The topological polar surface area (TPSA) is 92.4 Å². The van der Waals surface area contributed by atoms with E-state index in [9.17, 15) is 10.1 Å². The number of nitrogens with zero attached hydrogens (tertiary/aromatic N) is 4. The Morgan fingerprint density at radius 1 is 0.889 bits per heavy atom. The van der Waals surface area contributed by atoms with Gasteiger partial charge >= 0.3 is 0 Å². The maximum absolute atomic E-state index is 10.9. The molecular weight excluding hydrogens is 454 g/mol. The van der Waals surface area contributed by atoms with Crippen LogP contribution in [0.2, 0.25) is 0 Å². The van der Waals surface area contributed by atoms with Crippen LogP contribution in [0.25, 0.3) is 10.8 Å². The van der Waals surface area contributed by atoms with Crippen LogP contribution in [0.5, 0.6) is 11.5 Å². The summed E-state index contributed by atoms with van der Waals surface area (Å²) in [6, 6.07) is 24.0. The van der Waals surface area contributed by atoms with Crippen LogP contribution in [0.15, 0.2) is 89.1 Å². The molecule has 4 aromatic rings. The van der Waals surface area contributed by atoms with Gasteiger partial charge in [0.2, 0.25) is 0 Å². The van der Waals surface area contributed by atoms with Crippen LogP contribution in [-0.2, 0) is 0 Å². The van der Waals surface area contributed by atoms with Gasteiger partial charge in [0.25, 0.3) is 5.69 Å². The highest BCUT2D eigenvalue weighted by Crippen LogP contribution is 2.38. The number of nitrogens with one attached hydrogen (secondary N) is 1.